The summed E-state index contributed by atoms with van der Waals surface area (Å²) < 4.78 is 5.02. The zero-order valence-electron chi connectivity index (χ0n) is 11.1. The van der Waals surface area contributed by atoms with Crippen LogP contribution in [0.1, 0.15) is 15.9 Å². The molecule has 0 aliphatic carbocycles. The van der Waals surface area contributed by atoms with E-state index in [2.05, 4.69) is 0 Å². The topological polar surface area (TPSA) is 104 Å². The van der Waals surface area contributed by atoms with Gasteiger partial charge < -0.3 is 19.8 Å². The molecule has 7 nitrogen and oxygen atoms in total. The van der Waals surface area contributed by atoms with Gasteiger partial charge in [-0.25, -0.2) is 0 Å². The zero-order chi connectivity index (χ0) is 15.3. The molecule has 0 heterocycles. The van der Waals surface area contributed by atoms with Crippen molar-refractivity contribution in [3.05, 3.63) is 29.3 Å². The summed E-state index contributed by atoms with van der Waals surface area (Å²) in [5.41, 5.74) is 0.933. The van der Waals surface area contributed by atoms with E-state index in [0.717, 1.165) is 10.5 Å². The summed E-state index contributed by atoms with van der Waals surface area (Å²) in [6, 6.07) is 4.68. The summed E-state index contributed by atoms with van der Waals surface area (Å²) in [5, 5.41) is 17.5. The average Bonchev–Trinajstić information content (AvgIpc) is 2.35. The Morgan fingerprint density at radius 1 is 1.10 bits per heavy atom. The lowest BCUT2D eigenvalue weighted by molar-refractivity contribution is -0.140. The Kier molecular flexibility index (Phi) is 5.08. The Morgan fingerprint density at radius 3 is 2.10 bits per heavy atom. The molecule has 0 saturated carbocycles. The highest BCUT2D eigenvalue weighted by atomic mass is 16.5. The van der Waals surface area contributed by atoms with E-state index in [4.69, 9.17) is 14.9 Å². The van der Waals surface area contributed by atoms with E-state index in [1.54, 1.807) is 19.1 Å². The van der Waals surface area contributed by atoms with Crippen LogP contribution in [0, 0.1) is 6.92 Å². The van der Waals surface area contributed by atoms with Gasteiger partial charge in [-0.05, 0) is 30.7 Å². The molecule has 0 radical (unpaired) electrons. The molecule has 0 unspecified atom stereocenters. The van der Waals surface area contributed by atoms with Gasteiger partial charge in [-0.2, -0.15) is 0 Å². The summed E-state index contributed by atoms with van der Waals surface area (Å²) in [7, 11) is 1.44. The van der Waals surface area contributed by atoms with E-state index in [1.165, 1.54) is 13.2 Å². The fourth-order valence-electron chi connectivity index (χ4n) is 1.70. The van der Waals surface area contributed by atoms with Gasteiger partial charge >= 0.3 is 11.9 Å². The number of benzene rings is 1. The first-order valence-electron chi connectivity index (χ1n) is 5.72. The number of carbonyl (C=O) groups excluding carboxylic acids is 1. The van der Waals surface area contributed by atoms with Crippen molar-refractivity contribution in [1.82, 2.24) is 4.90 Å². The van der Waals surface area contributed by atoms with E-state index in [0.29, 0.717) is 5.75 Å². The molecule has 0 bridgehead atoms. The number of methoxy groups -OCH3 is 1. The van der Waals surface area contributed by atoms with Gasteiger partial charge in [0.15, 0.2) is 0 Å². The first-order chi connectivity index (χ1) is 9.33. The van der Waals surface area contributed by atoms with Crippen molar-refractivity contribution < 1.29 is 29.3 Å². The fraction of sp³-hybridized carbons (Fsp3) is 0.308. The first-order valence-corrected chi connectivity index (χ1v) is 5.72. The van der Waals surface area contributed by atoms with Gasteiger partial charge in [0.25, 0.3) is 5.91 Å². The lowest BCUT2D eigenvalue weighted by atomic mass is 10.1. The van der Waals surface area contributed by atoms with Crippen LogP contribution in [0.3, 0.4) is 0 Å². The number of aliphatic carboxylic acids is 2. The van der Waals surface area contributed by atoms with Crippen LogP contribution in [0.25, 0.3) is 0 Å². The van der Waals surface area contributed by atoms with Crippen LogP contribution in [0.4, 0.5) is 0 Å². The van der Waals surface area contributed by atoms with Crippen LogP contribution in [-0.2, 0) is 9.59 Å². The Bertz CT molecular complexity index is 524. The van der Waals surface area contributed by atoms with E-state index in [9.17, 15) is 14.4 Å². The third-order valence-electron chi connectivity index (χ3n) is 2.47. The van der Waals surface area contributed by atoms with E-state index in [-0.39, 0.29) is 5.56 Å². The zero-order valence-corrected chi connectivity index (χ0v) is 11.1. The number of carboxylic acid groups (broad SMARTS) is 2. The first kappa shape index (κ1) is 15.5. The highest BCUT2D eigenvalue weighted by Crippen LogP contribution is 2.17. The molecule has 0 aromatic heterocycles. The second kappa shape index (κ2) is 6.55. The van der Waals surface area contributed by atoms with Gasteiger partial charge in [0.1, 0.15) is 18.8 Å². The van der Waals surface area contributed by atoms with E-state index < -0.39 is 30.9 Å². The quantitative estimate of drug-likeness (QED) is 0.792. The molecule has 20 heavy (non-hydrogen) atoms. The Balaban J connectivity index is 3.07. The number of nitrogens with zero attached hydrogens (tertiary/aromatic N) is 1. The summed E-state index contributed by atoms with van der Waals surface area (Å²) in [4.78, 5) is 34.3. The molecule has 7 heteroatoms. The number of amides is 1. The van der Waals surface area contributed by atoms with Gasteiger partial charge in [0.2, 0.25) is 0 Å². The van der Waals surface area contributed by atoms with Gasteiger partial charge in [-0.1, -0.05) is 0 Å². The molecule has 1 amide bonds. The maximum atomic E-state index is 12.2. The lowest BCUT2D eigenvalue weighted by Gasteiger charge is -2.19. The average molecular weight is 281 g/mol. The molecule has 0 atom stereocenters. The molecular weight excluding hydrogens is 266 g/mol. The number of aryl methyl sites for hydroxylation is 1. The minimum Gasteiger partial charge on any atom is -0.497 e. The molecule has 0 aliphatic heterocycles. The van der Waals surface area contributed by atoms with Crippen molar-refractivity contribution in [3.8, 4) is 5.75 Å². The van der Waals surface area contributed by atoms with Crippen LogP contribution < -0.4 is 4.74 Å². The summed E-state index contributed by atoms with van der Waals surface area (Å²) >= 11 is 0. The number of hydrogen-bond acceptors (Lipinski definition) is 4. The minimum atomic E-state index is -1.28. The van der Waals surface area contributed by atoms with E-state index in [1.807, 2.05) is 0 Å². The predicted molar refractivity (Wildman–Crippen MR) is 68.9 cm³/mol. The van der Waals surface area contributed by atoms with Gasteiger partial charge in [0, 0.05) is 5.56 Å². The fourth-order valence-corrected chi connectivity index (χ4v) is 1.70. The molecule has 1 rings (SSSR count). The monoisotopic (exact) mass is 281 g/mol. The van der Waals surface area contributed by atoms with Crippen LogP contribution in [0.2, 0.25) is 0 Å². The summed E-state index contributed by atoms with van der Waals surface area (Å²) in [6.07, 6.45) is 0. The minimum absolute atomic E-state index is 0.185. The van der Waals surface area contributed by atoms with Crippen molar-refractivity contribution in [2.45, 2.75) is 6.92 Å². The van der Waals surface area contributed by atoms with Crippen LogP contribution in [-0.4, -0.2) is 53.2 Å². The standard InChI is InChI=1S/C13H15NO6/c1-8-3-9(5-10(4-8)20-2)13(19)14(6-11(15)16)7-12(17)18/h3-5H,6-7H2,1-2H3,(H,15,16)(H,17,18). The van der Waals surface area contributed by atoms with Crippen LogP contribution in [0.15, 0.2) is 18.2 Å². The van der Waals surface area contributed by atoms with Crippen molar-refractivity contribution >= 4 is 17.8 Å². The maximum Gasteiger partial charge on any atom is 0.323 e. The summed E-state index contributed by atoms with van der Waals surface area (Å²) in [5.74, 6) is -2.78. The van der Waals surface area contributed by atoms with Crippen molar-refractivity contribution in [1.29, 1.82) is 0 Å². The number of hydrogen-bond donors (Lipinski definition) is 2. The smallest absolute Gasteiger partial charge is 0.323 e. The highest BCUT2D eigenvalue weighted by molar-refractivity contribution is 5.98. The van der Waals surface area contributed by atoms with Gasteiger partial charge in [-0.15, -0.1) is 0 Å². The van der Waals surface area contributed by atoms with E-state index >= 15 is 0 Å². The molecule has 108 valence electrons. The lowest BCUT2D eigenvalue weighted by Crippen LogP contribution is -2.39. The highest BCUT2D eigenvalue weighted by Gasteiger charge is 2.21. The molecule has 0 fully saturated rings. The Labute approximate surface area is 115 Å². The van der Waals surface area contributed by atoms with Gasteiger partial charge in [0.05, 0.1) is 7.11 Å². The molecule has 0 saturated heterocycles. The van der Waals surface area contributed by atoms with Crippen molar-refractivity contribution in [2.24, 2.45) is 0 Å². The molecule has 0 spiro atoms. The van der Waals surface area contributed by atoms with Crippen LogP contribution in [0.5, 0.6) is 5.75 Å². The maximum absolute atomic E-state index is 12.2. The number of carbonyl (C=O) groups is 3. The number of ether oxygens (including phenoxy) is 1. The SMILES string of the molecule is COc1cc(C)cc(C(=O)N(CC(=O)O)CC(=O)O)c1. The van der Waals surface area contributed by atoms with Crippen LogP contribution >= 0.6 is 0 Å². The molecule has 2 N–H and O–H groups in total. The molecule has 1 aromatic rings. The molecule has 0 aliphatic rings. The van der Waals surface area contributed by atoms with Gasteiger partial charge in [-0.3, -0.25) is 14.4 Å². The largest absolute Gasteiger partial charge is 0.497 e. The number of carboxylic acids is 2. The Morgan fingerprint density at radius 2 is 1.65 bits per heavy atom. The number of rotatable bonds is 6. The van der Waals surface area contributed by atoms with Crippen molar-refractivity contribution in [2.75, 3.05) is 20.2 Å². The third-order valence-corrected chi connectivity index (χ3v) is 2.47. The summed E-state index contributed by atoms with van der Waals surface area (Å²) in [6.45, 7) is 0.390. The Hall–Kier alpha value is -2.57. The normalized spacial score (nSPS) is 9.90. The van der Waals surface area contributed by atoms with Crippen molar-refractivity contribution in [3.63, 3.8) is 0 Å². The third kappa shape index (κ3) is 4.27. The second-order valence-electron chi connectivity index (χ2n) is 4.19. The molecular formula is C13H15NO6. The molecule has 1 aromatic carbocycles. The predicted octanol–water partition coefficient (Wildman–Crippen LogP) is 0.615. The second-order valence-corrected chi connectivity index (χ2v) is 4.19.